The van der Waals surface area contributed by atoms with Crippen LogP contribution in [0.25, 0.3) is 0 Å². The molecule has 1 aliphatic heterocycles. The van der Waals surface area contributed by atoms with Crippen molar-refractivity contribution in [3.8, 4) is 0 Å². The number of carbonyl (C=O) groups excluding carboxylic acids is 1. The highest BCUT2D eigenvalue weighted by Crippen LogP contribution is 2.19. The molecule has 1 saturated heterocycles. The summed E-state index contributed by atoms with van der Waals surface area (Å²) in [7, 11) is 0. The third kappa shape index (κ3) is 3.24. The minimum atomic E-state index is -0.319. The Morgan fingerprint density at radius 3 is 2.64 bits per heavy atom. The average molecular weight is 299 g/mol. The zero-order chi connectivity index (χ0) is 15.4. The van der Waals surface area contributed by atoms with Gasteiger partial charge in [0, 0.05) is 25.2 Å². The molecule has 4 nitrogen and oxygen atoms in total. The number of pyridine rings is 1. The molecule has 1 aliphatic rings. The summed E-state index contributed by atoms with van der Waals surface area (Å²) >= 11 is 0. The van der Waals surface area contributed by atoms with Crippen molar-refractivity contribution in [3.63, 3.8) is 0 Å². The average Bonchev–Trinajstić information content (AvgIpc) is 3.08. The van der Waals surface area contributed by atoms with Gasteiger partial charge in [0.1, 0.15) is 11.5 Å². The molecule has 1 aromatic carbocycles. The van der Waals surface area contributed by atoms with E-state index < -0.39 is 0 Å². The van der Waals surface area contributed by atoms with E-state index in [0.29, 0.717) is 11.3 Å². The smallest absolute Gasteiger partial charge is 0.270 e. The van der Waals surface area contributed by atoms with E-state index in [4.69, 9.17) is 0 Å². The molecule has 22 heavy (non-hydrogen) atoms. The zero-order valence-corrected chi connectivity index (χ0v) is 12.3. The van der Waals surface area contributed by atoms with E-state index in [9.17, 15) is 9.18 Å². The first-order valence-electron chi connectivity index (χ1n) is 7.46. The van der Waals surface area contributed by atoms with Gasteiger partial charge in [-0.05, 0) is 31.0 Å². The summed E-state index contributed by atoms with van der Waals surface area (Å²) in [6.07, 6.45) is 4.12. The fourth-order valence-electron chi connectivity index (χ4n) is 2.59. The maximum Gasteiger partial charge on any atom is 0.270 e. The zero-order valence-electron chi connectivity index (χ0n) is 12.3. The second kappa shape index (κ2) is 6.56. The largest absolute Gasteiger partial charge is 0.370 e. The summed E-state index contributed by atoms with van der Waals surface area (Å²) in [6.45, 7) is 2.24. The predicted octanol–water partition coefficient (Wildman–Crippen LogP) is 2.75. The van der Waals surface area contributed by atoms with Gasteiger partial charge < -0.3 is 10.2 Å². The number of rotatable bonds is 4. The van der Waals surface area contributed by atoms with Gasteiger partial charge >= 0.3 is 0 Å². The van der Waals surface area contributed by atoms with E-state index in [2.05, 4.69) is 15.2 Å². The van der Waals surface area contributed by atoms with E-state index >= 15 is 0 Å². The summed E-state index contributed by atoms with van der Waals surface area (Å²) in [5.41, 5.74) is 1.85. The standard InChI is InChI=1S/C17H18FN3O/c18-15-6-2-1-5-13(15)11-20-17(22)16-8-7-14(12-19-16)21-9-3-4-10-21/h1-2,5-8,12H,3-4,9-11H2,(H,20,22). The van der Waals surface area contributed by atoms with Crippen LogP contribution in [0.15, 0.2) is 42.6 Å². The van der Waals surface area contributed by atoms with E-state index in [-0.39, 0.29) is 18.3 Å². The molecule has 3 rings (SSSR count). The monoisotopic (exact) mass is 299 g/mol. The Hall–Kier alpha value is -2.43. The Labute approximate surface area is 129 Å². The number of anilines is 1. The van der Waals surface area contributed by atoms with Crippen molar-refractivity contribution in [3.05, 3.63) is 59.7 Å². The van der Waals surface area contributed by atoms with Gasteiger partial charge in [-0.1, -0.05) is 18.2 Å². The van der Waals surface area contributed by atoms with Crippen molar-refractivity contribution in [1.29, 1.82) is 0 Å². The van der Waals surface area contributed by atoms with E-state index in [1.165, 1.54) is 18.9 Å². The number of hydrogen-bond acceptors (Lipinski definition) is 3. The van der Waals surface area contributed by atoms with Crippen molar-refractivity contribution in [2.45, 2.75) is 19.4 Å². The molecule has 114 valence electrons. The molecule has 1 amide bonds. The summed E-state index contributed by atoms with van der Waals surface area (Å²) in [5, 5.41) is 2.69. The van der Waals surface area contributed by atoms with Gasteiger partial charge in [0.2, 0.25) is 0 Å². The summed E-state index contributed by atoms with van der Waals surface area (Å²) in [4.78, 5) is 18.5. The predicted molar refractivity (Wildman–Crippen MR) is 83.3 cm³/mol. The minimum absolute atomic E-state index is 0.154. The third-order valence-electron chi connectivity index (χ3n) is 3.85. The molecular weight excluding hydrogens is 281 g/mol. The lowest BCUT2D eigenvalue weighted by atomic mass is 10.2. The van der Waals surface area contributed by atoms with Crippen molar-refractivity contribution in [2.24, 2.45) is 0 Å². The molecule has 0 spiro atoms. The third-order valence-corrected chi connectivity index (χ3v) is 3.85. The van der Waals surface area contributed by atoms with Crippen LogP contribution < -0.4 is 10.2 Å². The molecule has 2 heterocycles. The molecule has 1 fully saturated rings. The van der Waals surface area contributed by atoms with Gasteiger partial charge in [-0.2, -0.15) is 0 Å². The van der Waals surface area contributed by atoms with Crippen LogP contribution in [0.2, 0.25) is 0 Å². The topological polar surface area (TPSA) is 45.2 Å². The normalized spacial score (nSPS) is 14.1. The quantitative estimate of drug-likeness (QED) is 0.944. The summed E-state index contributed by atoms with van der Waals surface area (Å²) in [6, 6.07) is 10.0. The number of hydrogen-bond donors (Lipinski definition) is 1. The van der Waals surface area contributed by atoms with Crippen LogP contribution in [-0.4, -0.2) is 24.0 Å². The maximum atomic E-state index is 13.5. The number of benzene rings is 1. The number of amides is 1. The number of nitrogens with one attached hydrogen (secondary N) is 1. The minimum Gasteiger partial charge on any atom is -0.370 e. The molecule has 1 N–H and O–H groups in total. The number of aromatic nitrogens is 1. The lowest BCUT2D eigenvalue weighted by molar-refractivity contribution is 0.0945. The van der Waals surface area contributed by atoms with Crippen LogP contribution in [0.4, 0.5) is 10.1 Å². The van der Waals surface area contributed by atoms with Gasteiger partial charge in [0.05, 0.1) is 11.9 Å². The molecular formula is C17H18FN3O. The molecule has 5 heteroatoms. The van der Waals surface area contributed by atoms with Crippen LogP contribution in [0.5, 0.6) is 0 Å². The molecule has 0 aliphatic carbocycles. The number of halogens is 1. The van der Waals surface area contributed by atoms with Crippen LogP contribution in [0.1, 0.15) is 28.9 Å². The molecule has 1 aromatic heterocycles. The van der Waals surface area contributed by atoms with E-state index in [1.807, 2.05) is 6.07 Å². The summed E-state index contributed by atoms with van der Waals surface area (Å²) < 4.78 is 13.5. The van der Waals surface area contributed by atoms with Gasteiger partial charge in [-0.25, -0.2) is 9.37 Å². The van der Waals surface area contributed by atoms with Crippen LogP contribution in [0, 0.1) is 5.82 Å². The Balaban J connectivity index is 1.61. The highest BCUT2D eigenvalue weighted by molar-refractivity contribution is 5.92. The molecule has 0 atom stereocenters. The van der Waals surface area contributed by atoms with Gasteiger partial charge in [0.15, 0.2) is 0 Å². The van der Waals surface area contributed by atoms with Gasteiger partial charge in [0.25, 0.3) is 5.91 Å². The van der Waals surface area contributed by atoms with Crippen molar-refractivity contribution < 1.29 is 9.18 Å². The lowest BCUT2D eigenvalue weighted by Crippen LogP contribution is -2.24. The molecule has 0 radical (unpaired) electrons. The van der Waals surface area contributed by atoms with Gasteiger partial charge in [-0.3, -0.25) is 4.79 Å². The van der Waals surface area contributed by atoms with Crippen molar-refractivity contribution in [1.82, 2.24) is 10.3 Å². The van der Waals surface area contributed by atoms with Crippen molar-refractivity contribution >= 4 is 11.6 Å². The highest BCUT2D eigenvalue weighted by atomic mass is 19.1. The van der Waals surface area contributed by atoms with E-state index in [1.54, 1.807) is 30.5 Å². The van der Waals surface area contributed by atoms with Crippen LogP contribution in [0.3, 0.4) is 0 Å². The Morgan fingerprint density at radius 2 is 1.95 bits per heavy atom. The Morgan fingerprint density at radius 1 is 1.18 bits per heavy atom. The van der Waals surface area contributed by atoms with E-state index in [0.717, 1.165) is 18.8 Å². The second-order valence-corrected chi connectivity index (χ2v) is 5.37. The maximum absolute atomic E-state index is 13.5. The second-order valence-electron chi connectivity index (χ2n) is 5.37. The Kier molecular flexibility index (Phi) is 4.32. The first-order chi connectivity index (χ1) is 10.7. The highest BCUT2D eigenvalue weighted by Gasteiger charge is 2.14. The molecule has 0 bridgehead atoms. The van der Waals surface area contributed by atoms with Crippen LogP contribution >= 0.6 is 0 Å². The SMILES string of the molecule is O=C(NCc1ccccc1F)c1ccc(N2CCCC2)cn1. The fourth-order valence-corrected chi connectivity index (χ4v) is 2.59. The fraction of sp³-hybridized carbons (Fsp3) is 0.294. The molecule has 0 saturated carbocycles. The Bertz CT molecular complexity index is 651. The lowest BCUT2D eigenvalue weighted by Gasteiger charge is -2.16. The number of carbonyl (C=O) groups is 1. The first-order valence-corrected chi connectivity index (χ1v) is 7.46. The van der Waals surface area contributed by atoms with Crippen LogP contribution in [-0.2, 0) is 6.54 Å². The summed E-state index contributed by atoms with van der Waals surface area (Å²) in [5.74, 6) is -0.614. The molecule has 0 unspecified atom stereocenters. The molecule has 2 aromatic rings. The van der Waals surface area contributed by atoms with Gasteiger partial charge in [-0.15, -0.1) is 0 Å². The van der Waals surface area contributed by atoms with Crippen molar-refractivity contribution in [2.75, 3.05) is 18.0 Å². The first kappa shape index (κ1) is 14.5. The number of nitrogens with zero attached hydrogens (tertiary/aromatic N) is 2.